The second-order valence-corrected chi connectivity index (χ2v) is 5.05. The van der Waals surface area contributed by atoms with Gasteiger partial charge in [-0.05, 0) is 12.3 Å². The van der Waals surface area contributed by atoms with E-state index in [1.165, 1.54) is 0 Å². The molecular formula is C12H20O5. The lowest BCUT2D eigenvalue weighted by molar-refractivity contribution is -0.185. The summed E-state index contributed by atoms with van der Waals surface area (Å²) in [4.78, 5) is 21.3. The number of aliphatic hydroxyl groups is 1. The van der Waals surface area contributed by atoms with Crippen LogP contribution in [0.5, 0.6) is 0 Å². The lowest BCUT2D eigenvalue weighted by Gasteiger charge is -2.31. The zero-order valence-corrected chi connectivity index (χ0v) is 10.6. The third kappa shape index (κ3) is 6.73. The van der Waals surface area contributed by atoms with Crippen molar-refractivity contribution in [2.75, 3.05) is 0 Å². The molecule has 0 spiro atoms. The molecule has 5 heteroatoms. The van der Waals surface area contributed by atoms with Crippen molar-refractivity contribution >= 4 is 11.9 Å². The van der Waals surface area contributed by atoms with E-state index >= 15 is 0 Å². The first-order valence-corrected chi connectivity index (χ1v) is 5.45. The van der Waals surface area contributed by atoms with Crippen LogP contribution in [-0.2, 0) is 14.3 Å². The SMILES string of the molecule is CC(C)CC(C)(C)C(O)OC(=O)/C=C\C(=O)O. The van der Waals surface area contributed by atoms with Crippen LogP contribution in [0, 0.1) is 11.3 Å². The number of aliphatic hydroxyl groups excluding tert-OH is 1. The second-order valence-electron chi connectivity index (χ2n) is 5.05. The topological polar surface area (TPSA) is 83.8 Å². The van der Waals surface area contributed by atoms with Crippen LogP contribution in [-0.4, -0.2) is 28.4 Å². The fourth-order valence-corrected chi connectivity index (χ4v) is 1.60. The number of carboxylic acids is 1. The standard InChI is InChI=1S/C12H20O5/c1-8(2)7-12(3,4)11(16)17-10(15)6-5-9(13)14/h5-6,8,11,16H,7H2,1-4H3,(H,13,14)/b6-5-. The Morgan fingerprint density at radius 2 is 1.82 bits per heavy atom. The normalized spacial score (nSPS) is 14.0. The number of hydrogen-bond donors (Lipinski definition) is 2. The average molecular weight is 244 g/mol. The average Bonchev–Trinajstić information content (AvgIpc) is 2.12. The molecule has 0 aliphatic heterocycles. The summed E-state index contributed by atoms with van der Waals surface area (Å²) in [7, 11) is 0. The first-order chi connectivity index (χ1) is 7.65. The van der Waals surface area contributed by atoms with Crippen molar-refractivity contribution in [3.63, 3.8) is 0 Å². The van der Waals surface area contributed by atoms with Crippen molar-refractivity contribution in [3.8, 4) is 0 Å². The number of carbonyl (C=O) groups is 2. The number of rotatable bonds is 6. The van der Waals surface area contributed by atoms with Gasteiger partial charge in [0, 0.05) is 17.6 Å². The Morgan fingerprint density at radius 3 is 2.24 bits per heavy atom. The maximum Gasteiger partial charge on any atom is 0.333 e. The highest BCUT2D eigenvalue weighted by atomic mass is 16.6. The van der Waals surface area contributed by atoms with Crippen LogP contribution in [0.1, 0.15) is 34.1 Å². The minimum atomic E-state index is -1.25. The molecular weight excluding hydrogens is 224 g/mol. The molecule has 0 amide bonds. The zero-order chi connectivity index (χ0) is 13.6. The van der Waals surface area contributed by atoms with Gasteiger partial charge in [0.1, 0.15) is 0 Å². The highest BCUT2D eigenvalue weighted by molar-refractivity contribution is 5.90. The molecule has 0 rings (SSSR count). The molecule has 0 aromatic heterocycles. The largest absolute Gasteiger partial charge is 0.478 e. The minimum absolute atomic E-state index is 0.355. The molecule has 0 saturated heterocycles. The van der Waals surface area contributed by atoms with Crippen molar-refractivity contribution in [2.24, 2.45) is 11.3 Å². The van der Waals surface area contributed by atoms with E-state index in [0.717, 1.165) is 6.08 Å². The number of carbonyl (C=O) groups excluding carboxylic acids is 1. The maximum atomic E-state index is 11.2. The van der Waals surface area contributed by atoms with Gasteiger partial charge in [0.05, 0.1) is 0 Å². The summed E-state index contributed by atoms with van der Waals surface area (Å²) in [6, 6.07) is 0. The molecule has 0 aromatic carbocycles. The Balaban J connectivity index is 4.38. The van der Waals surface area contributed by atoms with Gasteiger partial charge in [0.25, 0.3) is 0 Å². The van der Waals surface area contributed by atoms with E-state index in [1.807, 2.05) is 13.8 Å². The third-order valence-corrected chi connectivity index (χ3v) is 2.19. The molecule has 98 valence electrons. The molecule has 5 nitrogen and oxygen atoms in total. The zero-order valence-electron chi connectivity index (χ0n) is 10.6. The van der Waals surface area contributed by atoms with Gasteiger partial charge in [0.2, 0.25) is 6.29 Å². The quantitative estimate of drug-likeness (QED) is 0.421. The Morgan fingerprint density at radius 1 is 1.29 bits per heavy atom. The third-order valence-electron chi connectivity index (χ3n) is 2.19. The van der Waals surface area contributed by atoms with Gasteiger partial charge in [0.15, 0.2) is 0 Å². The van der Waals surface area contributed by atoms with Crippen LogP contribution in [0.25, 0.3) is 0 Å². The fraction of sp³-hybridized carbons (Fsp3) is 0.667. The van der Waals surface area contributed by atoms with E-state index in [9.17, 15) is 14.7 Å². The number of carboxylic acid groups (broad SMARTS) is 1. The van der Waals surface area contributed by atoms with Crippen molar-refractivity contribution in [1.29, 1.82) is 0 Å². The van der Waals surface area contributed by atoms with Crippen molar-refractivity contribution < 1.29 is 24.5 Å². The molecule has 0 aliphatic carbocycles. The Hall–Kier alpha value is -1.36. The van der Waals surface area contributed by atoms with Gasteiger partial charge in [-0.2, -0.15) is 0 Å². The van der Waals surface area contributed by atoms with Gasteiger partial charge >= 0.3 is 11.9 Å². The van der Waals surface area contributed by atoms with E-state index in [1.54, 1.807) is 13.8 Å². The number of esters is 1. The number of ether oxygens (including phenoxy) is 1. The summed E-state index contributed by atoms with van der Waals surface area (Å²) in [5.41, 5.74) is -0.569. The molecule has 1 unspecified atom stereocenters. The highest BCUT2D eigenvalue weighted by Crippen LogP contribution is 2.29. The molecule has 0 saturated carbocycles. The van der Waals surface area contributed by atoms with Gasteiger partial charge in [-0.15, -0.1) is 0 Å². The summed E-state index contributed by atoms with van der Waals surface area (Å²) in [5.74, 6) is -1.75. The molecule has 0 aromatic rings. The van der Waals surface area contributed by atoms with Crippen LogP contribution in [0.3, 0.4) is 0 Å². The molecule has 2 N–H and O–H groups in total. The summed E-state index contributed by atoms with van der Waals surface area (Å²) in [6.45, 7) is 7.57. The maximum absolute atomic E-state index is 11.2. The van der Waals surface area contributed by atoms with Crippen LogP contribution >= 0.6 is 0 Å². The van der Waals surface area contributed by atoms with Crippen molar-refractivity contribution in [2.45, 2.75) is 40.4 Å². The summed E-state index contributed by atoms with van der Waals surface area (Å²) >= 11 is 0. The number of aliphatic carboxylic acids is 1. The molecule has 0 heterocycles. The minimum Gasteiger partial charge on any atom is -0.478 e. The summed E-state index contributed by atoms with van der Waals surface area (Å²) in [5, 5.41) is 18.1. The van der Waals surface area contributed by atoms with Crippen LogP contribution in [0.15, 0.2) is 12.2 Å². The van der Waals surface area contributed by atoms with Crippen molar-refractivity contribution in [1.82, 2.24) is 0 Å². The van der Waals surface area contributed by atoms with Gasteiger partial charge < -0.3 is 14.9 Å². The van der Waals surface area contributed by atoms with Crippen molar-refractivity contribution in [3.05, 3.63) is 12.2 Å². The molecule has 1 atom stereocenters. The number of hydrogen-bond acceptors (Lipinski definition) is 4. The van der Waals surface area contributed by atoms with Crippen LogP contribution < -0.4 is 0 Å². The highest BCUT2D eigenvalue weighted by Gasteiger charge is 2.31. The van der Waals surface area contributed by atoms with E-state index in [0.29, 0.717) is 18.4 Å². The van der Waals surface area contributed by atoms with Crippen LogP contribution in [0.4, 0.5) is 0 Å². The van der Waals surface area contributed by atoms with E-state index in [-0.39, 0.29) is 0 Å². The van der Waals surface area contributed by atoms with E-state index < -0.39 is 23.6 Å². The second kappa shape index (κ2) is 6.39. The Kier molecular flexibility index (Phi) is 5.88. The molecule has 0 aliphatic rings. The Bertz CT molecular complexity index is 304. The molecule has 17 heavy (non-hydrogen) atoms. The smallest absolute Gasteiger partial charge is 0.333 e. The van der Waals surface area contributed by atoms with Gasteiger partial charge in [-0.3, -0.25) is 0 Å². The fourth-order valence-electron chi connectivity index (χ4n) is 1.60. The van der Waals surface area contributed by atoms with E-state index in [2.05, 4.69) is 0 Å². The molecule has 0 bridgehead atoms. The van der Waals surface area contributed by atoms with Gasteiger partial charge in [-0.1, -0.05) is 27.7 Å². The predicted octanol–water partition coefficient (Wildman–Crippen LogP) is 1.56. The lowest BCUT2D eigenvalue weighted by atomic mass is 9.83. The predicted molar refractivity (Wildman–Crippen MR) is 62.1 cm³/mol. The monoisotopic (exact) mass is 244 g/mol. The summed E-state index contributed by atoms with van der Waals surface area (Å²) < 4.78 is 4.73. The lowest BCUT2D eigenvalue weighted by Crippen LogP contribution is -2.34. The van der Waals surface area contributed by atoms with E-state index in [4.69, 9.17) is 9.84 Å². The first kappa shape index (κ1) is 15.6. The molecule has 0 radical (unpaired) electrons. The first-order valence-electron chi connectivity index (χ1n) is 5.45. The van der Waals surface area contributed by atoms with Crippen LogP contribution in [0.2, 0.25) is 0 Å². The molecule has 0 fully saturated rings. The Labute approximate surface area is 101 Å². The van der Waals surface area contributed by atoms with Gasteiger partial charge in [-0.25, -0.2) is 9.59 Å². The summed E-state index contributed by atoms with van der Waals surface area (Å²) in [6.07, 6.45) is 0.877.